The van der Waals surface area contributed by atoms with Crippen LogP contribution in [0.1, 0.15) is 12.6 Å². The van der Waals surface area contributed by atoms with Crippen LogP contribution in [0.25, 0.3) is 22.6 Å². The minimum Gasteiger partial charge on any atom is -0.324 e. The van der Waals surface area contributed by atoms with Gasteiger partial charge in [-0.2, -0.15) is 17.5 Å². The van der Waals surface area contributed by atoms with Crippen molar-refractivity contribution in [2.75, 3.05) is 26.2 Å². The fourth-order valence-electron chi connectivity index (χ4n) is 2.89. The lowest BCUT2D eigenvalue weighted by Crippen LogP contribution is -2.23. The molecule has 0 aliphatic carbocycles. The fourth-order valence-corrected chi connectivity index (χ4v) is 4.82. The predicted molar refractivity (Wildman–Crippen MR) is 115 cm³/mol. The highest BCUT2D eigenvalue weighted by atomic mass is 32.2. The Morgan fingerprint density at radius 2 is 1.85 bits per heavy atom. The van der Waals surface area contributed by atoms with Gasteiger partial charge in [0, 0.05) is 20.4 Å². The molecular formula is C18H21F3N6O4S2. The highest BCUT2D eigenvalue weighted by Gasteiger charge is 2.33. The van der Waals surface area contributed by atoms with Crippen molar-refractivity contribution in [3.63, 3.8) is 0 Å². The van der Waals surface area contributed by atoms with Gasteiger partial charge in [-0.3, -0.25) is 4.84 Å². The number of pyridine rings is 2. The molecule has 0 N–H and O–H groups in total. The van der Waals surface area contributed by atoms with E-state index in [-0.39, 0.29) is 38.9 Å². The second-order valence-corrected chi connectivity index (χ2v) is 11.4. The average molecular weight is 507 g/mol. The van der Waals surface area contributed by atoms with Gasteiger partial charge in [0.2, 0.25) is 0 Å². The van der Waals surface area contributed by atoms with Gasteiger partial charge in [0.15, 0.2) is 15.7 Å². The number of nitrogens with zero attached hydrogens (tertiary/aromatic N) is 6. The molecular weight excluding hydrogens is 485 g/mol. The Morgan fingerprint density at radius 1 is 1.18 bits per heavy atom. The van der Waals surface area contributed by atoms with Crippen LogP contribution in [0.3, 0.4) is 0 Å². The highest BCUT2D eigenvalue weighted by molar-refractivity contribution is 7.91. The molecule has 3 heterocycles. The van der Waals surface area contributed by atoms with E-state index in [0.717, 1.165) is 16.7 Å². The van der Waals surface area contributed by atoms with E-state index in [9.17, 15) is 25.8 Å². The highest BCUT2D eigenvalue weighted by Crippen LogP contribution is 2.33. The monoisotopic (exact) mass is 506 g/mol. The van der Waals surface area contributed by atoms with Crippen LogP contribution in [0.15, 0.2) is 33.8 Å². The van der Waals surface area contributed by atoms with Crippen LogP contribution in [0.2, 0.25) is 0 Å². The lowest BCUT2D eigenvalue weighted by atomic mass is 10.3. The third-order valence-electron chi connectivity index (χ3n) is 4.83. The Bertz CT molecular complexity index is 1440. The smallest absolute Gasteiger partial charge is 0.324 e. The molecule has 0 amide bonds. The van der Waals surface area contributed by atoms with Crippen LogP contribution in [-0.2, 0) is 37.8 Å². The Kier molecular flexibility index (Phi) is 6.54. The van der Waals surface area contributed by atoms with Crippen LogP contribution < -0.4 is 0 Å². The first-order chi connectivity index (χ1) is 15.2. The molecule has 180 valence electrons. The number of hydrogen-bond donors (Lipinski definition) is 0. The van der Waals surface area contributed by atoms with E-state index in [1.165, 1.54) is 51.2 Å². The third kappa shape index (κ3) is 4.85. The zero-order valence-corrected chi connectivity index (χ0v) is 19.9. The second kappa shape index (κ2) is 8.62. The van der Waals surface area contributed by atoms with Crippen molar-refractivity contribution < 1.29 is 30.6 Å². The molecule has 10 nitrogen and oxygen atoms in total. The van der Waals surface area contributed by atoms with E-state index < -0.39 is 31.6 Å². The fraction of sp³-hybridized carbons (Fsp3) is 0.389. The first-order valence-corrected chi connectivity index (χ1v) is 12.9. The maximum Gasteiger partial charge on any atom is 0.433 e. The topological polar surface area (TPSA) is 120 Å². The number of alkyl halides is 3. The largest absolute Gasteiger partial charge is 0.433 e. The Balaban J connectivity index is 2.27. The van der Waals surface area contributed by atoms with Crippen LogP contribution in [-0.4, -0.2) is 62.8 Å². The molecule has 1 atom stereocenters. The molecule has 0 bridgehead atoms. The summed E-state index contributed by atoms with van der Waals surface area (Å²) in [6.45, 7) is 1.43. The molecule has 0 saturated heterocycles. The number of sulfone groups is 1. The van der Waals surface area contributed by atoms with Gasteiger partial charge in [-0.25, -0.2) is 27.6 Å². The van der Waals surface area contributed by atoms with E-state index in [4.69, 9.17) is 4.84 Å². The van der Waals surface area contributed by atoms with Gasteiger partial charge in [-0.05, 0) is 12.1 Å². The van der Waals surface area contributed by atoms with Crippen LogP contribution in [0.5, 0.6) is 0 Å². The molecule has 15 heteroatoms. The summed E-state index contributed by atoms with van der Waals surface area (Å²) in [5.41, 5.74) is -0.953. The molecule has 3 rings (SSSR count). The van der Waals surface area contributed by atoms with Crippen molar-refractivity contribution in [3.05, 3.63) is 30.2 Å². The molecule has 1 unspecified atom stereocenters. The van der Waals surface area contributed by atoms with Gasteiger partial charge >= 0.3 is 6.18 Å². The van der Waals surface area contributed by atoms with Crippen molar-refractivity contribution in [1.82, 2.24) is 24.0 Å². The number of aryl methyl sites for hydroxylation is 1. The van der Waals surface area contributed by atoms with Crippen LogP contribution in [0, 0.1) is 0 Å². The SMILES string of the molecule is CCS(=O)(=O)c1cc(N=S(C)(=O)N(C)OC)cnc1-c1nc2cc(C(F)(F)F)ncc2n1C. The van der Waals surface area contributed by atoms with Crippen molar-refractivity contribution in [2.45, 2.75) is 18.0 Å². The van der Waals surface area contributed by atoms with Gasteiger partial charge in [-0.15, -0.1) is 4.47 Å². The Labute approximate surface area is 188 Å². The number of aromatic nitrogens is 4. The number of hydrogen-bond acceptors (Lipinski definition) is 8. The van der Waals surface area contributed by atoms with Gasteiger partial charge < -0.3 is 4.57 Å². The maximum atomic E-state index is 13.0. The first-order valence-electron chi connectivity index (χ1n) is 9.34. The number of fused-ring (bicyclic) bond motifs is 1. The molecule has 0 saturated carbocycles. The quantitative estimate of drug-likeness (QED) is 0.472. The minimum atomic E-state index is -4.66. The molecule has 3 aromatic heterocycles. The van der Waals surface area contributed by atoms with E-state index in [0.29, 0.717) is 0 Å². The van der Waals surface area contributed by atoms with E-state index in [2.05, 4.69) is 19.3 Å². The Hall–Kier alpha value is -2.62. The zero-order valence-electron chi connectivity index (χ0n) is 18.3. The standard InChI is InChI=1S/C18H21F3N6O4S2/c1-6-33(29,30)14-7-11(25-32(5,28)27(3)31-4)9-23-16(14)17-24-12-8-15(18(19,20)21)22-10-13(12)26(17)2/h7-10H,6H2,1-5H3. The van der Waals surface area contributed by atoms with Gasteiger partial charge in [-0.1, -0.05) is 6.92 Å². The van der Waals surface area contributed by atoms with Gasteiger partial charge in [0.1, 0.15) is 21.3 Å². The summed E-state index contributed by atoms with van der Waals surface area (Å²) in [4.78, 5) is 16.5. The van der Waals surface area contributed by atoms with Crippen molar-refractivity contribution >= 4 is 36.5 Å². The lowest BCUT2D eigenvalue weighted by Gasteiger charge is -2.15. The molecule has 0 aromatic carbocycles. The number of rotatable bonds is 6. The molecule has 0 spiro atoms. The Morgan fingerprint density at radius 3 is 2.42 bits per heavy atom. The summed E-state index contributed by atoms with van der Waals surface area (Å²) in [7, 11) is -2.70. The van der Waals surface area contributed by atoms with Crippen molar-refractivity contribution in [2.24, 2.45) is 11.4 Å². The zero-order chi connectivity index (χ0) is 24.8. The summed E-state index contributed by atoms with van der Waals surface area (Å²) >= 11 is 0. The minimum absolute atomic E-state index is 0.0157. The molecule has 0 aliphatic rings. The molecule has 0 radical (unpaired) electrons. The maximum absolute atomic E-state index is 13.0. The van der Waals surface area contributed by atoms with E-state index in [1.54, 1.807) is 0 Å². The number of hydroxylamine groups is 1. The summed E-state index contributed by atoms with van der Waals surface area (Å²) in [5, 5.41) is 0. The number of imidazole rings is 1. The van der Waals surface area contributed by atoms with Gasteiger partial charge in [0.25, 0.3) is 0 Å². The summed E-state index contributed by atoms with van der Waals surface area (Å²) in [5.74, 6) is -0.259. The summed E-state index contributed by atoms with van der Waals surface area (Å²) < 4.78 is 83.9. The lowest BCUT2D eigenvalue weighted by molar-refractivity contribution is -0.141. The second-order valence-electron chi connectivity index (χ2n) is 6.97. The first kappa shape index (κ1) is 25.0. The third-order valence-corrected chi connectivity index (χ3v) is 8.23. The van der Waals surface area contributed by atoms with E-state index in [1.807, 2.05) is 0 Å². The van der Waals surface area contributed by atoms with Crippen LogP contribution in [0.4, 0.5) is 18.9 Å². The van der Waals surface area contributed by atoms with E-state index >= 15 is 0 Å². The summed E-state index contributed by atoms with van der Waals surface area (Å²) in [6, 6.07) is 1.98. The van der Waals surface area contributed by atoms with Crippen LogP contribution >= 0.6 is 0 Å². The molecule has 0 aliphatic heterocycles. The number of halogens is 3. The van der Waals surface area contributed by atoms with Crippen molar-refractivity contribution in [3.8, 4) is 11.5 Å². The normalized spacial score (nSPS) is 14.6. The molecule has 3 aromatic rings. The average Bonchev–Trinajstić information content (AvgIpc) is 3.08. The summed E-state index contributed by atoms with van der Waals surface area (Å²) in [6.07, 6.45) is -1.14. The van der Waals surface area contributed by atoms with Gasteiger partial charge in [0.05, 0.1) is 46.9 Å². The van der Waals surface area contributed by atoms with Crippen molar-refractivity contribution in [1.29, 1.82) is 0 Å². The predicted octanol–water partition coefficient (Wildman–Crippen LogP) is 2.98. The molecule has 33 heavy (non-hydrogen) atoms. The molecule has 0 fully saturated rings.